The second-order valence-electron chi connectivity index (χ2n) is 6.40. The molecule has 130 valence electrons. The number of benzene rings is 2. The van der Waals surface area contributed by atoms with E-state index in [-0.39, 0.29) is 17.7 Å². The molecule has 1 amide bonds. The van der Waals surface area contributed by atoms with Crippen molar-refractivity contribution < 1.29 is 9.53 Å². The Bertz CT molecular complexity index is 730. The molecule has 1 fully saturated rings. The zero-order valence-corrected chi connectivity index (χ0v) is 14.7. The summed E-state index contributed by atoms with van der Waals surface area (Å²) in [6, 6.07) is 20.0. The summed E-state index contributed by atoms with van der Waals surface area (Å²) in [5.74, 6) is -0.140. The largest absolute Gasteiger partial charge is 0.370 e. The van der Waals surface area contributed by atoms with Crippen LogP contribution in [0.4, 0.5) is 0 Å². The maximum atomic E-state index is 12.5. The lowest BCUT2D eigenvalue weighted by Gasteiger charge is -2.17. The lowest BCUT2D eigenvalue weighted by Crippen LogP contribution is -2.26. The highest BCUT2D eigenvalue weighted by Gasteiger charge is 2.60. The number of hydrogen-bond donors (Lipinski definition) is 1. The summed E-state index contributed by atoms with van der Waals surface area (Å²) >= 11 is 0. The zero-order chi connectivity index (χ0) is 17.7. The van der Waals surface area contributed by atoms with E-state index >= 15 is 0 Å². The van der Waals surface area contributed by atoms with Crippen molar-refractivity contribution in [2.75, 3.05) is 6.61 Å². The van der Waals surface area contributed by atoms with Crippen molar-refractivity contribution in [1.29, 1.82) is 0 Å². The van der Waals surface area contributed by atoms with Gasteiger partial charge in [0.05, 0.1) is 5.92 Å². The molecular formula is C21H24N2O2. The molecule has 3 atom stereocenters. The topological polar surface area (TPSA) is 50.7 Å². The van der Waals surface area contributed by atoms with E-state index in [4.69, 9.17) is 4.74 Å². The highest BCUT2D eigenvalue weighted by Crippen LogP contribution is 2.55. The number of nitrogens with zero attached hydrogens (tertiary/aromatic N) is 1. The van der Waals surface area contributed by atoms with Crippen molar-refractivity contribution in [3.8, 4) is 0 Å². The average molecular weight is 336 g/mol. The Labute approximate surface area is 148 Å². The third-order valence-electron chi connectivity index (χ3n) is 4.69. The molecule has 0 spiro atoms. The lowest BCUT2D eigenvalue weighted by atomic mass is 10.0. The average Bonchev–Trinajstić information content (AvgIpc) is 3.39. The quantitative estimate of drug-likeness (QED) is 0.617. The Morgan fingerprint density at radius 3 is 2.52 bits per heavy atom. The van der Waals surface area contributed by atoms with Crippen molar-refractivity contribution in [3.05, 3.63) is 71.8 Å². The number of rotatable bonds is 7. The van der Waals surface area contributed by atoms with Crippen LogP contribution in [0.1, 0.15) is 37.3 Å². The van der Waals surface area contributed by atoms with Crippen LogP contribution in [-0.2, 0) is 15.1 Å². The van der Waals surface area contributed by atoms with E-state index in [1.807, 2.05) is 55.5 Å². The Hall–Kier alpha value is -2.46. The number of carbonyl (C=O) groups is 1. The first-order valence-electron chi connectivity index (χ1n) is 8.75. The van der Waals surface area contributed by atoms with Crippen LogP contribution >= 0.6 is 0 Å². The van der Waals surface area contributed by atoms with Gasteiger partial charge in [-0.15, -0.1) is 0 Å². The highest BCUT2D eigenvalue weighted by molar-refractivity contribution is 5.84. The normalized spacial score (nSPS) is 23.4. The standard InChI is InChI=1S/C21H24N2O2/c1-3-25-21(18-12-8-5-9-13-18)14-19(21)20(24)23-22-15-16(2)17-10-6-4-7-11-17/h4-13,15-16,19H,3,14H2,1-2H3,(H,23,24)/b22-15-/t16-,19+,21+/m0/s1. The number of nitrogens with one attached hydrogen (secondary N) is 1. The predicted octanol–water partition coefficient (Wildman–Crippen LogP) is 3.84. The van der Waals surface area contributed by atoms with Crippen LogP contribution in [0.15, 0.2) is 65.8 Å². The second-order valence-corrected chi connectivity index (χ2v) is 6.40. The van der Waals surface area contributed by atoms with Gasteiger partial charge in [-0.05, 0) is 24.5 Å². The molecule has 0 saturated heterocycles. The van der Waals surface area contributed by atoms with Gasteiger partial charge in [-0.1, -0.05) is 67.6 Å². The van der Waals surface area contributed by atoms with Gasteiger partial charge in [0.1, 0.15) is 5.60 Å². The third-order valence-corrected chi connectivity index (χ3v) is 4.69. The Morgan fingerprint density at radius 1 is 1.24 bits per heavy atom. The highest BCUT2D eigenvalue weighted by atomic mass is 16.5. The molecule has 1 aliphatic rings. The molecule has 0 aromatic heterocycles. The zero-order valence-electron chi connectivity index (χ0n) is 14.7. The van der Waals surface area contributed by atoms with Gasteiger partial charge in [-0.2, -0.15) is 5.10 Å². The van der Waals surface area contributed by atoms with Crippen LogP contribution in [-0.4, -0.2) is 18.7 Å². The smallest absolute Gasteiger partial charge is 0.246 e. The van der Waals surface area contributed by atoms with Crippen molar-refractivity contribution in [3.63, 3.8) is 0 Å². The number of amides is 1. The van der Waals surface area contributed by atoms with E-state index in [0.29, 0.717) is 13.0 Å². The van der Waals surface area contributed by atoms with E-state index in [1.54, 1.807) is 6.21 Å². The van der Waals surface area contributed by atoms with Gasteiger partial charge in [0, 0.05) is 18.7 Å². The molecule has 2 aromatic carbocycles. The summed E-state index contributed by atoms with van der Waals surface area (Å²) in [6.07, 6.45) is 2.46. The Balaban J connectivity index is 1.61. The molecule has 0 unspecified atom stereocenters. The monoisotopic (exact) mass is 336 g/mol. The fourth-order valence-corrected chi connectivity index (χ4v) is 3.22. The molecular weight excluding hydrogens is 312 g/mol. The fourth-order valence-electron chi connectivity index (χ4n) is 3.22. The van der Waals surface area contributed by atoms with Crippen LogP contribution in [0.3, 0.4) is 0 Å². The summed E-state index contributed by atoms with van der Waals surface area (Å²) in [5, 5.41) is 4.15. The van der Waals surface area contributed by atoms with Crippen LogP contribution in [0.2, 0.25) is 0 Å². The molecule has 0 aliphatic heterocycles. The predicted molar refractivity (Wildman–Crippen MR) is 99.3 cm³/mol. The van der Waals surface area contributed by atoms with E-state index in [0.717, 1.165) is 5.56 Å². The minimum Gasteiger partial charge on any atom is -0.370 e. The first-order valence-corrected chi connectivity index (χ1v) is 8.75. The van der Waals surface area contributed by atoms with Crippen molar-refractivity contribution in [1.82, 2.24) is 5.43 Å². The van der Waals surface area contributed by atoms with Crippen molar-refractivity contribution in [2.24, 2.45) is 11.0 Å². The summed E-state index contributed by atoms with van der Waals surface area (Å²) < 4.78 is 5.94. The molecule has 0 bridgehead atoms. The van der Waals surface area contributed by atoms with Crippen LogP contribution in [0, 0.1) is 5.92 Å². The Kier molecular flexibility index (Phi) is 5.29. The first kappa shape index (κ1) is 17.4. The lowest BCUT2D eigenvalue weighted by molar-refractivity contribution is -0.124. The molecule has 1 N–H and O–H groups in total. The Morgan fingerprint density at radius 2 is 1.88 bits per heavy atom. The van der Waals surface area contributed by atoms with Gasteiger partial charge in [0.2, 0.25) is 5.91 Å². The van der Waals surface area contributed by atoms with E-state index in [9.17, 15) is 4.79 Å². The van der Waals surface area contributed by atoms with Crippen molar-refractivity contribution in [2.45, 2.75) is 31.8 Å². The molecule has 0 radical (unpaired) electrons. The minimum atomic E-state index is -0.499. The molecule has 0 heterocycles. The number of hydrogen-bond acceptors (Lipinski definition) is 3. The van der Waals surface area contributed by atoms with E-state index in [1.165, 1.54) is 5.56 Å². The van der Waals surface area contributed by atoms with E-state index < -0.39 is 5.60 Å². The van der Waals surface area contributed by atoms with Crippen LogP contribution < -0.4 is 5.43 Å². The molecule has 1 aliphatic carbocycles. The molecule has 1 saturated carbocycles. The summed E-state index contributed by atoms with van der Waals surface area (Å²) in [5.41, 5.74) is 4.40. The number of carbonyl (C=O) groups excluding carboxylic acids is 1. The van der Waals surface area contributed by atoms with Crippen LogP contribution in [0.5, 0.6) is 0 Å². The van der Waals surface area contributed by atoms with Gasteiger partial charge in [-0.25, -0.2) is 5.43 Å². The van der Waals surface area contributed by atoms with Gasteiger partial charge in [0.25, 0.3) is 0 Å². The minimum absolute atomic E-state index is 0.0891. The molecule has 25 heavy (non-hydrogen) atoms. The summed E-state index contributed by atoms with van der Waals surface area (Å²) in [6.45, 7) is 4.58. The maximum absolute atomic E-state index is 12.5. The third kappa shape index (κ3) is 3.80. The van der Waals surface area contributed by atoms with Gasteiger partial charge >= 0.3 is 0 Å². The summed E-state index contributed by atoms with van der Waals surface area (Å²) in [4.78, 5) is 12.5. The summed E-state index contributed by atoms with van der Waals surface area (Å²) in [7, 11) is 0. The fraction of sp³-hybridized carbons (Fsp3) is 0.333. The first-order chi connectivity index (χ1) is 12.2. The second kappa shape index (κ2) is 7.62. The maximum Gasteiger partial charge on any atom is 0.246 e. The number of hydrazone groups is 1. The van der Waals surface area contributed by atoms with Crippen LogP contribution in [0.25, 0.3) is 0 Å². The molecule has 4 nitrogen and oxygen atoms in total. The van der Waals surface area contributed by atoms with Gasteiger partial charge < -0.3 is 4.74 Å². The molecule has 3 rings (SSSR count). The molecule has 2 aromatic rings. The molecule has 4 heteroatoms. The SMILES string of the molecule is CCO[C@@]1(c2ccccc2)C[C@@H]1C(=O)N/N=C\[C@H](C)c1ccccc1. The van der Waals surface area contributed by atoms with Gasteiger partial charge in [-0.3, -0.25) is 4.79 Å². The van der Waals surface area contributed by atoms with E-state index in [2.05, 4.69) is 29.6 Å². The van der Waals surface area contributed by atoms with Crippen molar-refractivity contribution >= 4 is 12.1 Å². The van der Waals surface area contributed by atoms with Gasteiger partial charge in [0.15, 0.2) is 0 Å². The number of ether oxygens (including phenoxy) is 1.